The Labute approximate surface area is 140 Å². The lowest BCUT2D eigenvalue weighted by atomic mass is 9.86. The molecular formula is C18H28ClNO2. The van der Waals surface area contributed by atoms with Gasteiger partial charge in [-0.05, 0) is 36.9 Å². The van der Waals surface area contributed by atoms with Gasteiger partial charge in [0.1, 0.15) is 5.75 Å². The molecule has 0 saturated heterocycles. The normalized spacial score (nSPS) is 17.0. The summed E-state index contributed by atoms with van der Waals surface area (Å²) < 4.78 is 5.92. The number of ether oxygens (including phenoxy) is 1. The van der Waals surface area contributed by atoms with Crippen LogP contribution in [0.25, 0.3) is 0 Å². The summed E-state index contributed by atoms with van der Waals surface area (Å²) in [4.78, 5) is 12.8. The lowest BCUT2D eigenvalue weighted by Gasteiger charge is -2.28. The minimum absolute atomic E-state index is 0. The number of ketones is 1. The van der Waals surface area contributed by atoms with Crippen LogP contribution in [0.1, 0.15) is 61.0 Å². The molecule has 1 aliphatic heterocycles. The molecule has 1 atom stereocenters. The fraction of sp³-hybridized carbons (Fsp3) is 0.611. The molecule has 22 heavy (non-hydrogen) atoms. The highest BCUT2D eigenvalue weighted by molar-refractivity contribution is 6.03. The van der Waals surface area contributed by atoms with Gasteiger partial charge in [0.05, 0.1) is 18.1 Å². The second-order valence-electron chi connectivity index (χ2n) is 6.26. The number of fused-ring (bicyclic) bond motifs is 1. The van der Waals surface area contributed by atoms with Crippen molar-refractivity contribution in [2.24, 2.45) is 5.92 Å². The third-order valence-electron chi connectivity index (χ3n) is 4.15. The fourth-order valence-corrected chi connectivity index (χ4v) is 2.82. The molecule has 0 bridgehead atoms. The third kappa shape index (κ3) is 4.02. The maximum absolute atomic E-state index is 12.8. The van der Waals surface area contributed by atoms with E-state index in [-0.39, 0.29) is 24.1 Å². The average molecular weight is 326 g/mol. The van der Waals surface area contributed by atoms with Gasteiger partial charge in [0.15, 0.2) is 5.78 Å². The predicted molar refractivity (Wildman–Crippen MR) is 93.6 cm³/mol. The quantitative estimate of drug-likeness (QED) is 0.799. The molecule has 1 aromatic carbocycles. The van der Waals surface area contributed by atoms with Crippen LogP contribution in [0.5, 0.6) is 5.75 Å². The smallest absolute Gasteiger partial charge is 0.174 e. The van der Waals surface area contributed by atoms with E-state index in [9.17, 15) is 4.79 Å². The Kier molecular flexibility index (Phi) is 7.37. The number of nitrogens with one attached hydrogen (secondary N) is 1. The Morgan fingerprint density at radius 3 is 2.73 bits per heavy atom. The minimum atomic E-state index is -0.0614. The summed E-state index contributed by atoms with van der Waals surface area (Å²) in [7, 11) is 0. The van der Waals surface area contributed by atoms with E-state index in [1.54, 1.807) is 0 Å². The number of hydrogen-bond donors (Lipinski definition) is 1. The monoisotopic (exact) mass is 325 g/mol. The molecule has 1 unspecified atom stereocenters. The molecule has 0 aliphatic carbocycles. The zero-order chi connectivity index (χ0) is 15.4. The van der Waals surface area contributed by atoms with E-state index in [0.29, 0.717) is 19.1 Å². The van der Waals surface area contributed by atoms with E-state index in [4.69, 9.17) is 4.74 Å². The molecule has 0 radical (unpaired) electrons. The number of halogens is 1. The Morgan fingerprint density at radius 1 is 1.36 bits per heavy atom. The molecule has 1 aliphatic rings. The van der Waals surface area contributed by atoms with Gasteiger partial charge in [-0.15, -0.1) is 12.4 Å². The van der Waals surface area contributed by atoms with Crippen LogP contribution in [0.3, 0.4) is 0 Å². The van der Waals surface area contributed by atoms with Crippen LogP contribution in [0.4, 0.5) is 0 Å². The number of aryl methyl sites for hydroxylation is 1. The van der Waals surface area contributed by atoms with E-state index in [1.807, 2.05) is 6.92 Å². The largest absolute Gasteiger partial charge is 0.492 e. The molecule has 124 valence electrons. The third-order valence-corrected chi connectivity index (χ3v) is 4.15. The summed E-state index contributed by atoms with van der Waals surface area (Å²) in [6, 6.07) is 4.13. The van der Waals surface area contributed by atoms with Crippen molar-refractivity contribution in [3.63, 3.8) is 0 Å². The molecule has 0 spiro atoms. The van der Waals surface area contributed by atoms with Gasteiger partial charge in [0.25, 0.3) is 0 Å². The van der Waals surface area contributed by atoms with E-state index >= 15 is 0 Å². The van der Waals surface area contributed by atoms with Gasteiger partial charge in [-0.1, -0.05) is 39.3 Å². The van der Waals surface area contributed by atoms with Gasteiger partial charge in [-0.3, -0.25) is 4.79 Å². The molecule has 0 amide bonds. The Morgan fingerprint density at radius 2 is 2.09 bits per heavy atom. The van der Waals surface area contributed by atoms with E-state index in [1.165, 1.54) is 6.42 Å². The lowest BCUT2D eigenvalue weighted by molar-refractivity contribution is 0.0826. The van der Waals surface area contributed by atoms with Crippen molar-refractivity contribution in [1.29, 1.82) is 0 Å². The summed E-state index contributed by atoms with van der Waals surface area (Å²) >= 11 is 0. The maximum Gasteiger partial charge on any atom is 0.174 e. The van der Waals surface area contributed by atoms with E-state index in [0.717, 1.165) is 35.4 Å². The topological polar surface area (TPSA) is 38.3 Å². The van der Waals surface area contributed by atoms with Gasteiger partial charge >= 0.3 is 0 Å². The van der Waals surface area contributed by atoms with Gasteiger partial charge in [0.2, 0.25) is 0 Å². The first-order chi connectivity index (χ1) is 10.1. The first-order valence-corrected chi connectivity index (χ1v) is 8.07. The maximum atomic E-state index is 12.8. The highest BCUT2D eigenvalue weighted by atomic mass is 35.5. The van der Waals surface area contributed by atoms with Crippen LogP contribution in [0.15, 0.2) is 12.1 Å². The first kappa shape index (κ1) is 19.0. The van der Waals surface area contributed by atoms with Crippen LogP contribution < -0.4 is 10.1 Å². The van der Waals surface area contributed by atoms with Crippen molar-refractivity contribution >= 4 is 18.2 Å². The Balaban J connectivity index is 0.00000242. The predicted octanol–water partition coefficient (Wildman–Crippen LogP) is 4.12. The second-order valence-corrected chi connectivity index (χ2v) is 6.26. The molecular weight excluding hydrogens is 298 g/mol. The summed E-state index contributed by atoms with van der Waals surface area (Å²) in [5, 5.41) is 3.38. The molecule has 1 aromatic rings. The van der Waals surface area contributed by atoms with Crippen LogP contribution >= 0.6 is 12.4 Å². The zero-order valence-corrected chi connectivity index (χ0v) is 14.9. The van der Waals surface area contributed by atoms with Gasteiger partial charge < -0.3 is 10.1 Å². The molecule has 0 fully saturated rings. The van der Waals surface area contributed by atoms with E-state index in [2.05, 4.69) is 38.2 Å². The van der Waals surface area contributed by atoms with Crippen molar-refractivity contribution in [2.75, 3.05) is 19.7 Å². The van der Waals surface area contributed by atoms with Crippen molar-refractivity contribution < 1.29 is 9.53 Å². The van der Waals surface area contributed by atoms with Gasteiger partial charge in [-0.2, -0.15) is 0 Å². The molecule has 1 heterocycles. The molecule has 0 aromatic heterocycles. The number of rotatable bonds is 6. The number of benzene rings is 1. The number of hydrogen-bond acceptors (Lipinski definition) is 3. The minimum Gasteiger partial charge on any atom is -0.492 e. The van der Waals surface area contributed by atoms with Crippen LogP contribution in [0, 0.1) is 12.8 Å². The fourth-order valence-electron chi connectivity index (χ4n) is 2.82. The summed E-state index contributed by atoms with van der Waals surface area (Å²) in [5.41, 5.74) is 2.98. The standard InChI is InChI=1S/C18H27NO2.ClH/c1-5-6-9-19-10-14-11-21-18-13(4)7-8-15(12(2)3)16(18)17(14)20;/h7-8,12,14,19H,5-6,9-11H2,1-4H3;1H. The number of unbranched alkanes of at least 4 members (excludes halogenated alkanes) is 1. The highest BCUT2D eigenvalue weighted by Crippen LogP contribution is 2.36. The molecule has 0 saturated carbocycles. The Bertz CT molecular complexity index is 514. The Hall–Kier alpha value is -1.06. The van der Waals surface area contributed by atoms with Gasteiger partial charge in [-0.25, -0.2) is 0 Å². The summed E-state index contributed by atoms with van der Waals surface area (Å²) in [6.07, 6.45) is 2.32. The SMILES string of the molecule is CCCCNCC1COc2c(C)ccc(C(C)C)c2C1=O.Cl. The summed E-state index contributed by atoms with van der Waals surface area (Å²) in [5.74, 6) is 1.32. The van der Waals surface area contributed by atoms with Crippen molar-refractivity contribution in [1.82, 2.24) is 5.32 Å². The van der Waals surface area contributed by atoms with E-state index < -0.39 is 0 Å². The van der Waals surface area contributed by atoms with Crippen LogP contribution in [0.2, 0.25) is 0 Å². The number of Topliss-reactive ketones (excluding diaryl/α,β-unsaturated/α-hetero) is 1. The second kappa shape index (κ2) is 8.54. The zero-order valence-electron chi connectivity index (χ0n) is 14.1. The van der Waals surface area contributed by atoms with Crippen molar-refractivity contribution in [2.45, 2.75) is 46.5 Å². The number of carbonyl (C=O) groups is 1. The van der Waals surface area contributed by atoms with Crippen molar-refractivity contribution in [3.05, 3.63) is 28.8 Å². The van der Waals surface area contributed by atoms with Crippen LogP contribution in [-0.2, 0) is 0 Å². The van der Waals surface area contributed by atoms with Crippen molar-refractivity contribution in [3.8, 4) is 5.75 Å². The first-order valence-electron chi connectivity index (χ1n) is 8.07. The summed E-state index contributed by atoms with van der Waals surface area (Å²) in [6.45, 7) is 10.6. The highest BCUT2D eigenvalue weighted by Gasteiger charge is 2.32. The lowest BCUT2D eigenvalue weighted by Crippen LogP contribution is -2.37. The average Bonchev–Trinajstić information content (AvgIpc) is 2.46. The molecule has 4 heteroatoms. The molecule has 3 nitrogen and oxygen atoms in total. The van der Waals surface area contributed by atoms with Gasteiger partial charge in [0, 0.05) is 6.54 Å². The molecule has 2 rings (SSSR count). The number of carbonyl (C=O) groups excluding carboxylic acids is 1. The molecule has 1 N–H and O–H groups in total. The van der Waals surface area contributed by atoms with Crippen LogP contribution in [-0.4, -0.2) is 25.5 Å².